The normalized spacial score (nSPS) is 12.6. The summed E-state index contributed by atoms with van der Waals surface area (Å²) < 4.78 is 27.6. The molecule has 30 heteroatoms. The fraction of sp³-hybridized carbons (Fsp3) is 0.500. The Balaban J connectivity index is 0.000000512. The van der Waals surface area contributed by atoms with Gasteiger partial charge in [0.2, 0.25) is 47.3 Å². The van der Waals surface area contributed by atoms with Gasteiger partial charge in [-0.15, -0.1) is 0 Å². The van der Waals surface area contributed by atoms with Gasteiger partial charge in [-0.25, -0.2) is 0 Å². The van der Waals surface area contributed by atoms with Crippen LogP contribution >= 0.6 is 0 Å². The lowest BCUT2D eigenvalue weighted by atomic mass is 10.0. The Hall–Kier alpha value is -10.3. The van der Waals surface area contributed by atoms with Gasteiger partial charge >= 0.3 is 11.9 Å². The highest BCUT2D eigenvalue weighted by Gasteiger charge is 2.34. The molecule has 4 rings (SSSR count). The number of benzene rings is 4. The molecule has 0 aromatic heterocycles. The number of azide groups is 2. The number of aliphatic carboxylic acids is 1. The van der Waals surface area contributed by atoms with Gasteiger partial charge in [-0.05, 0) is 103 Å². The van der Waals surface area contributed by atoms with Gasteiger partial charge in [-0.3, -0.25) is 47.9 Å². The van der Waals surface area contributed by atoms with Gasteiger partial charge < -0.3 is 71.3 Å². The molecule has 0 saturated heterocycles. The Morgan fingerprint density at radius 2 is 0.816 bits per heavy atom. The highest BCUT2D eigenvalue weighted by molar-refractivity contribution is 5.97. The van der Waals surface area contributed by atoms with Crippen LogP contribution in [0.25, 0.3) is 20.9 Å². The molecule has 4 aromatic rings. The molecule has 0 aliphatic carbocycles. The molecule has 532 valence electrons. The fourth-order valence-corrected chi connectivity index (χ4v) is 9.19. The number of amides is 8. The molecule has 0 bridgehead atoms. The van der Waals surface area contributed by atoms with E-state index >= 15 is 0 Å². The van der Waals surface area contributed by atoms with Crippen LogP contribution < -0.4 is 52.0 Å². The van der Waals surface area contributed by atoms with Crippen LogP contribution in [0.15, 0.2) is 119 Å². The highest BCUT2D eigenvalue weighted by Crippen LogP contribution is 2.19. The summed E-state index contributed by atoms with van der Waals surface area (Å²) in [6, 6.07) is 26.6. The van der Waals surface area contributed by atoms with Crippen LogP contribution in [0.1, 0.15) is 110 Å². The standard InChI is InChI=1S/C36H51N7O8.C32H43N7O8/c1-24(2)20-29(34(47)42-31(22-32(45)51-36(4,5)6)33(46)38-16-18-49-19-17-39-43-37)41-35(48)30(40-25(3)44)21-26-12-14-28(15-13-26)50-23-27-10-8-7-9-11-27;1-21(2)17-26(31(44)38-28(19-29(41)42)30(43)34-13-15-46-16-14-35-39-33)37-32(45)27(36-22(3)40)18-23-9-11-25(12-10-23)47-20-24-7-5-4-6-8-24/h7-15,24,29-31H,16-23H2,1-6H3,(H,38,46)(H,40,44)(H,41,48)(H,42,47);4-12,21,26-28H,13-20H2,1-3H3,(H,34,43)(H,36,40)(H,37,45)(H,38,44)(H,41,42)/t29-,30+,31+;26-,27+,28+/m11/s1. The molecule has 0 radical (unpaired) electrons. The third-order valence-corrected chi connectivity index (χ3v) is 13.6. The van der Waals surface area contributed by atoms with Crippen LogP contribution in [0.3, 0.4) is 0 Å². The molecule has 98 heavy (non-hydrogen) atoms. The van der Waals surface area contributed by atoms with Crippen molar-refractivity contribution in [2.45, 2.75) is 156 Å². The number of nitrogens with zero attached hydrogens (tertiary/aromatic N) is 6. The number of carbonyl (C=O) groups excluding carboxylic acids is 9. The van der Waals surface area contributed by atoms with Crippen LogP contribution in [-0.4, -0.2) is 159 Å². The Morgan fingerprint density at radius 3 is 1.15 bits per heavy atom. The van der Waals surface area contributed by atoms with Gasteiger partial charge in [-0.1, -0.05) is 123 Å². The zero-order chi connectivity index (χ0) is 72.4. The quantitative estimate of drug-likeness (QED) is 0.00838. The zero-order valence-electron chi connectivity index (χ0n) is 57.1. The number of nitrogens with one attached hydrogen (secondary N) is 8. The van der Waals surface area contributed by atoms with E-state index in [4.69, 9.17) is 34.7 Å². The van der Waals surface area contributed by atoms with E-state index in [9.17, 15) is 53.1 Å². The summed E-state index contributed by atoms with van der Waals surface area (Å²) >= 11 is 0. The minimum Gasteiger partial charge on any atom is -0.489 e. The van der Waals surface area contributed by atoms with E-state index in [0.717, 1.165) is 22.3 Å². The number of carbonyl (C=O) groups is 10. The largest absolute Gasteiger partial charge is 0.489 e. The summed E-state index contributed by atoms with van der Waals surface area (Å²) in [5, 5.41) is 36.9. The molecule has 0 heterocycles. The van der Waals surface area contributed by atoms with Crippen molar-refractivity contribution in [2.24, 2.45) is 22.1 Å². The molecule has 0 aliphatic rings. The molecule has 0 unspecified atom stereocenters. The Labute approximate surface area is 570 Å². The maximum absolute atomic E-state index is 13.7. The summed E-state index contributed by atoms with van der Waals surface area (Å²) in [6.07, 6.45) is -0.522. The van der Waals surface area contributed by atoms with E-state index < -0.39 is 114 Å². The van der Waals surface area contributed by atoms with Crippen molar-refractivity contribution in [3.05, 3.63) is 152 Å². The average molecular weight is 1360 g/mol. The lowest BCUT2D eigenvalue weighted by Gasteiger charge is -2.27. The number of hydrogen-bond acceptors (Lipinski definition) is 17. The summed E-state index contributed by atoms with van der Waals surface area (Å²) in [7, 11) is 0. The highest BCUT2D eigenvalue weighted by atomic mass is 16.6. The first kappa shape index (κ1) is 82.0. The smallest absolute Gasteiger partial charge is 0.308 e. The minimum atomic E-state index is -1.43. The van der Waals surface area contributed by atoms with Crippen molar-refractivity contribution >= 4 is 59.2 Å². The predicted molar refractivity (Wildman–Crippen MR) is 362 cm³/mol. The lowest BCUT2D eigenvalue weighted by molar-refractivity contribution is -0.156. The van der Waals surface area contributed by atoms with E-state index in [1.807, 2.05) is 88.4 Å². The second-order valence-electron chi connectivity index (χ2n) is 24.4. The minimum absolute atomic E-state index is 0.0196. The first-order valence-electron chi connectivity index (χ1n) is 32.1. The third-order valence-electron chi connectivity index (χ3n) is 13.6. The third kappa shape index (κ3) is 36.0. The van der Waals surface area contributed by atoms with E-state index in [1.54, 1.807) is 69.3 Å². The van der Waals surface area contributed by atoms with E-state index in [1.165, 1.54) is 13.8 Å². The fourth-order valence-electron chi connectivity index (χ4n) is 9.19. The number of carboxylic acid groups (broad SMARTS) is 1. The first-order chi connectivity index (χ1) is 46.6. The van der Waals surface area contributed by atoms with Crippen LogP contribution in [0.2, 0.25) is 0 Å². The Morgan fingerprint density at radius 1 is 0.459 bits per heavy atom. The molecule has 6 atom stereocenters. The Kier molecular flexibility index (Phi) is 37.8. The molecule has 9 N–H and O–H groups in total. The van der Waals surface area contributed by atoms with Gasteiger partial charge in [0.25, 0.3) is 0 Å². The lowest BCUT2D eigenvalue weighted by Crippen LogP contribution is -2.57. The summed E-state index contributed by atoms with van der Waals surface area (Å²) in [5.74, 6) is -5.82. The molecule has 4 aromatic carbocycles. The van der Waals surface area contributed by atoms with E-state index in [-0.39, 0.29) is 90.1 Å². The molecular formula is C68H94N14O16. The molecule has 8 amide bonds. The van der Waals surface area contributed by atoms with Crippen LogP contribution in [0.5, 0.6) is 11.5 Å². The molecule has 0 aliphatic heterocycles. The number of ether oxygens (including phenoxy) is 5. The van der Waals surface area contributed by atoms with Crippen molar-refractivity contribution in [1.82, 2.24) is 42.5 Å². The molecule has 0 spiro atoms. The molecule has 30 nitrogen and oxygen atoms in total. The second-order valence-corrected chi connectivity index (χ2v) is 24.4. The van der Waals surface area contributed by atoms with Gasteiger partial charge in [0.15, 0.2) is 0 Å². The van der Waals surface area contributed by atoms with Gasteiger partial charge in [0.05, 0.1) is 39.3 Å². The van der Waals surface area contributed by atoms with E-state index in [0.29, 0.717) is 24.7 Å². The monoisotopic (exact) mass is 1360 g/mol. The molecular weight excluding hydrogens is 1270 g/mol. The summed E-state index contributed by atoms with van der Waals surface area (Å²) in [5.41, 5.74) is 19.3. The van der Waals surface area contributed by atoms with Crippen molar-refractivity contribution in [2.75, 3.05) is 52.6 Å². The van der Waals surface area contributed by atoms with E-state index in [2.05, 4.69) is 62.6 Å². The van der Waals surface area contributed by atoms with Crippen molar-refractivity contribution in [3.8, 4) is 11.5 Å². The summed E-state index contributed by atoms with van der Waals surface area (Å²) in [6.45, 7) is 16.6. The van der Waals surface area contributed by atoms with Gasteiger partial charge in [0, 0.05) is 62.7 Å². The number of esters is 1. The van der Waals surface area contributed by atoms with Crippen LogP contribution in [0, 0.1) is 11.8 Å². The molecule has 0 fully saturated rings. The maximum atomic E-state index is 13.7. The van der Waals surface area contributed by atoms with Gasteiger partial charge in [-0.2, -0.15) is 0 Å². The first-order valence-corrected chi connectivity index (χ1v) is 32.1. The maximum Gasteiger partial charge on any atom is 0.308 e. The number of hydrogen-bond donors (Lipinski definition) is 9. The summed E-state index contributed by atoms with van der Waals surface area (Å²) in [4.78, 5) is 133. The number of carboxylic acids is 1. The Bertz CT molecular complexity index is 3270. The zero-order valence-corrected chi connectivity index (χ0v) is 57.1. The number of rotatable bonds is 42. The van der Waals surface area contributed by atoms with Crippen molar-refractivity contribution < 1.29 is 76.7 Å². The second kappa shape index (κ2) is 45.2. The SMILES string of the molecule is CC(=O)N[C@@H](Cc1ccc(OCc2ccccc2)cc1)C(=O)N[C@H](CC(C)C)C(=O)N[C@@H](CC(=O)O)C(=O)NCCOCCN=[N+]=[N-].CC(=O)N[C@@H](Cc1ccc(OCc2ccccc2)cc1)C(=O)N[C@H](CC(C)C)C(=O)N[C@@H](CC(=O)OC(C)(C)C)C(=O)NCCOCCN=[N+]=[N-]. The predicted octanol–water partition coefficient (Wildman–Crippen LogP) is 5.75. The molecule has 0 saturated carbocycles. The topological polar surface area (TPSA) is 431 Å². The van der Waals surface area contributed by atoms with Crippen molar-refractivity contribution in [1.29, 1.82) is 0 Å². The average Bonchev–Trinajstić information content (AvgIpc) is 0.895. The van der Waals surface area contributed by atoms with Crippen molar-refractivity contribution in [3.63, 3.8) is 0 Å². The van der Waals surface area contributed by atoms with Crippen LogP contribution in [-0.2, 0) is 88.2 Å². The van der Waals surface area contributed by atoms with Crippen LogP contribution in [0.4, 0.5) is 0 Å². The van der Waals surface area contributed by atoms with Gasteiger partial charge in [0.1, 0.15) is 66.6 Å².